The van der Waals surface area contributed by atoms with Crippen molar-refractivity contribution in [2.75, 3.05) is 5.32 Å². The number of ketones is 1. The maximum atomic E-state index is 13.0. The molecular weight excluding hydrogens is 458 g/mol. The number of nitrogens with one attached hydrogen (secondary N) is 2. The number of rotatable bonds is 5. The number of aromatic amines is 1. The number of nitrogens with zero attached hydrogens (tertiary/aromatic N) is 3. The number of para-hydroxylation sites is 1. The molecule has 0 spiro atoms. The van der Waals surface area contributed by atoms with Crippen LogP contribution in [0, 0.1) is 13.8 Å². The number of amides is 1. The molecule has 164 valence electrons. The van der Waals surface area contributed by atoms with Crippen LogP contribution < -0.4 is 5.32 Å². The zero-order valence-corrected chi connectivity index (χ0v) is 19.3. The van der Waals surface area contributed by atoms with Gasteiger partial charge in [-0.2, -0.15) is 0 Å². The molecule has 7 nitrogen and oxygen atoms in total. The number of imidazole rings is 1. The molecule has 33 heavy (non-hydrogen) atoms. The van der Waals surface area contributed by atoms with Gasteiger partial charge in [-0.25, -0.2) is 9.97 Å². The summed E-state index contributed by atoms with van der Waals surface area (Å²) >= 11 is 7.39. The molecule has 9 heteroatoms. The van der Waals surface area contributed by atoms with Crippen molar-refractivity contribution in [2.24, 2.45) is 0 Å². The molecule has 3 heterocycles. The summed E-state index contributed by atoms with van der Waals surface area (Å²) in [6.45, 7) is 3.59. The molecule has 0 radical (unpaired) electrons. The summed E-state index contributed by atoms with van der Waals surface area (Å²) in [5, 5.41) is 6.63. The van der Waals surface area contributed by atoms with E-state index in [0.717, 1.165) is 16.8 Å². The SMILES string of the molecule is Cc1[nH]c2ccccc2c1C(=O)C(=O)Nc1cnc(C)n1-c1nc(-c2ccc(Cl)cc2)cs1. The summed E-state index contributed by atoms with van der Waals surface area (Å²) in [5.74, 6) is -0.340. The van der Waals surface area contributed by atoms with Gasteiger partial charge in [0.2, 0.25) is 0 Å². The number of aromatic nitrogens is 4. The lowest BCUT2D eigenvalue weighted by atomic mass is 10.1. The molecule has 0 aliphatic rings. The summed E-state index contributed by atoms with van der Waals surface area (Å²) in [7, 11) is 0. The topological polar surface area (TPSA) is 92.7 Å². The highest BCUT2D eigenvalue weighted by Crippen LogP contribution is 2.29. The Morgan fingerprint density at radius 2 is 1.85 bits per heavy atom. The van der Waals surface area contributed by atoms with Crippen LogP contribution in [0.3, 0.4) is 0 Å². The second-order valence-corrected chi connectivity index (χ2v) is 8.78. The number of hydrogen-bond donors (Lipinski definition) is 2. The molecule has 5 aromatic rings. The Kier molecular flexibility index (Phi) is 5.32. The van der Waals surface area contributed by atoms with Crippen molar-refractivity contribution in [1.82, 2.24) is 19.5 Å². The predicted octanol–water partition coefficient (Wildman–Crippen LogP) is 5.57. The number of carbonyl (C=O) groups is 2. The first kappa shape index (κ1) is 21.1. The first-order chi connectivity index (χ1) is 15.9. The lowest BCUT2D eigenvalue weighted by molar-refractivity contribution is -0.112. The molecule has 2 aromatic carbocycles. The second kappa shape index (κ2) is 8.31. The van der Waals surface area contributed by atoms with Crippen LogP contribution in [-0.2, 0) is 4.79 Å². The average Bonchev–Trinajstić information content (AvgIpc) is 3.50. The summed E-state index contributed by atoms with van der Waals surface area (Å²) in [6, 6.07) is 14.8. The highest BCUT2D eigenvalue weighted by atomic mass is 35.5. The first-order valence-corrected chi connectivity index (χ1v) is 11.4. The van der Waals surface area contributed by atoms with Crippen LogP contribution >= 0.6 is 22.9 Å². The fourth-order valence-corrected chi connectivity index (χ4v) is 4.77. The van der Waals surface area contributed by atoms with Crippen molar-refractivity contribution in [2.45, 2.75) is 13.8 Å². The minimum Gasteiger partial charge on any atom is -0.358 e. The summed E-state index contributed by atoms with van der Waals surface area (Å²) < 4.78 is 1.72. The van der Waals surface area contributed by atoms with Gasteiger partial charge in [-0.15, -0.1) is 11.3 Å². The van der Waals surface area contributed by atoms with Gasteiger partial charge in [0.05, 0.1) is 17.5 Å². The van der Waals surface area contributed by atoms with Gasteiger partial charge in [-0.3, -0.25) is 14.2 Å². The number of carbonyl (C=O) groups excluding carboxylic acids is 2. The minimum absolute atomic E-state index is 0.366. The van der Waals surface area contributed by atoms with Crippen LogP contribution in [0.5, 0.6) is 0 Å². The Labute approximate surface area is 198 Å². The molecule has 0 atom stereocenters. The zero-order chi connectivity index (χ0) is 23.1. The maximum absolute atomic E-state index is 13.0. The fraction of sp³-hybridized carbons (Fsp3) is 0.0833. The molecular formula is C24H18ClN5O2S. The zero-order valence-electron chi connectivity index (χ0n) is 17.7. The number of thiazole rings is 1. The number of fused-ring (bicyclic) bond motifs is 1. The third kappa shape index (κ3) is 3.83. The highest BCUT2D eigenvalue weighted by molar-refractivity contribution is 7.12. The van der Waals surface area contributed by atoms with Gasteiger partial charge in [0.25, 0.3) is 11.7 Å². The lowest BCUT2D eigenvalue weighted by Crippen LogP contribution is -2.24. The van der Waals surface area contributed by atoms with Crippen molar-refractivity contribution < 1.29 is 9.59 Å². The highest BCUT2D eigenvalue weighted by Gasteiger charge is 2.24. The number of halogens is 1. The third-order valence-corrected chi connectivity index (χ3v) is 6.41. The number of aryl methyl sites for hydroxylation is 2. The van der Waals surface area contributed by atoms with E-state index >= 15 is 0 Å². The molecule has 1 amide bonds. The molecule has 5 rings (SSSR count). The van der Waals surface area contributed by atoms with Crippen LogP contribution in [0.2, 0.25) is 5.02 Å². The van der Waals surface area contributed by atoms with E-state index in [1.165, 1.54) is 17.5 Å². The van der Waals surface area contributed by atoms with Crippen molar-refractivity contribution >= 4 is 51.3 Å². The van der Waals surface area contributed by atoms with E-state index < -0.39 is 11.7 Å². The van der Waals surface area contributed by atoms with Crippen LogP contribution in [0.1, 0.15) is 21.9 Å². The van der Waals surface area contributed by atoms with E-state index in [4.69, 9.17) is 11.6 Å². The quantitative estimate of drug-likeness (QED) is 0.257. The van der Waals surface area contributed by atoms with Gasteiger partial charge < -0.3 is 10.3 Å². The van der Waals surface area contributed by atoms with Crippen LogP contribution in [0.4, 0.5) is 5.82 Å². The summed E-state index contributed by atoms with van der Waals surface area (Å²) in [6.07, 6.45) is 1.52. The third-order valence-electron chi connectivity index (χ3n) is 5.33. The second-order valence-electron chi connectivity index (χ2n) is 7.50. The average molecular weight is 476 g/mol. The number of benzene rings is 2. The smallest absolute Gasteiger partial charge is 0.298 e. The van der Waals surface area contributed by atoms with Crippen molar-refractivity contribution in [1.29, 1.82) is 0 Å². The molecule has 0 fully saturated rings. The molecule has 3 aromatic heterocycles. The normalized spacial score (nSPS) is 11.1. The van der Waals surface area contributed by atoms with Gasteiger partial charge in [0.1, 0.15) is 11.6 Å². The van der Waals surface area contributed by atoms with Crippen molar-refractivity contribution in [3.05, 3.63) is 82.2 Å². The number of anilines is 1. The van der Waals surface area contributed by atoms with E-state index in [1.54, 1.807) is 11.5 Å². The predicted molar refractivity (Wildman–Crippen MR) is 130 cm³/mol. The number of H-pyrrole nitrogens is 1. The van der Waals surface area contributed by atoms with Gasteiger partial charge in [0, 0.05) is 32.6 Å². The number of hydrogen-bond acceptors (Lipinski definition) is 5. The molecule has 2 N–H and O–H groups in total. The molecule has 0 aliphatic heterocycles. The van der Waals surface area contributed by atoms with E-state index in [9.17, 15) is 9.59 Å². The van der Waals surface area contributed by atoms with E-state index in [0.29, 0.717) is 38.4 Å². The monoisotopic (exact) mass is 475 g/mol. The Bertz CT molecular complexity index is 1510. The standard InChI is InChI=1S/C24H18ClN5O2S/c1-13-21(17-5-3-4-6-18(17)27-13)22(31)23(32)29-20-11-26-14(2)30(20)24-28-19(12-33-24)15-7-9-16(25)10-8-15/h3-12,27H,1-2H3,(H,29,32). The fourth-order valence-electron chi connectivity index (χ4n) is 3.75. The van der Waals surface area contributed by atoms with Crippen LogP contribution in [0.15, 0.2) is 60.1 Å². The molecule has 0 saturated heterocycles. The summed E-state index contributed by atoms with van der Waals surface area (Å²) in [5.41, 5.74) is 3.53. The van der Waals surface area contributed by atoms with Crippen molar-refractivity contribution in [3.8, 4) is 16.4 Å². The Morgan fingerprint density at radius 3 is 2.64 bits per heavy atom. The van der Waals surface area contributed by atoms with Crippen LogP contribution in [0.25, 0.3) is 27.3 Å². The Balaban J connectivity index is 1.44. The Hall–Kier alpha value is -3.75. The Morgan fingerprint density at radius 1 is 1.09 bits per heavy atom. The number of Topliss-reactive ketones (excluding diaryl/α,β-unsaturated/α-hetero) is 1. The minimum atomic E-state index is -0.738. The van der Waals surface area contributed by atoms with Crippen molar-refractivity contribution in [3.63, 3.8) is 0 Å². The van der Waals surface area contributed by atoms with E-state index in [2.05, 4.69) is 20.3 Å². The molecule has 0 unspecified atom stereocenters. The maximum Gasteiger partial charge on any atom is 0.298 e. The van der Waals surface area contributed by atoms with Crippen LogP contribution in [-0.4, -0.2) is 31.2 Å². The molecule has 0 aliphatic carbocycles. The van der Waals surface area contributed by atoms with Gasteiger partial charge >= 0.3 is 0 Å². The summed E-state index contributed by atoms with van der Waals surface area (Å²) in [4.78, 5) is 38.1. The van der Waals surface area contributed by atoms with Gasteiger partial charge in [-0.1, -0.05) is 41.9 Å². The van der Waals surface area contributed by atoms with E-state index in [1.807, 2.05) is 60.8 Å². The first-order valence-electron chi connectivity index (χ1n) is 10.1. The van der Waals surface area contributed by atoms with E-state index in [-0.39, 0.29) is 0 Å². The lowest BCUT2D eigenvalue weighted by Gasteiger charge is -2.08. The molecule has 0 saturated carbocycles. The largest absolute Gasteiger partial charge is 0.358 e. The van der Waals surface area contributed by atoms with Gasteiger partial charge in [0.15, 0.2) is 5.13 Å². The molecule has 0 bridgehead atoms. The van der Waals surface area contributed by atoms with Gasteiger partial charge in [-0.05, 0) is 32.0 Å².